The van der Waals surface area contributed by atoms with Crippen molar-refractivity contribution in [1.82, 2.24) is 10.3 Å². The second-order valence-electron chi connectivity index (χ2n) is 5.20. The lowest BCUT2D eigenvalue weighted by Crippen LogP contribution is -2.55. The minimum absolute atomic E-state index is 0.125. The molecule has 2 atom stereocenters. The first-order valence-corrected chi connectivity index (χ1v) is 8.78. The van der Waals surface area contributed by atoms with Crippen molar-refractivity contribution in [2.24, 2.45) is 0 Å². The SMILES string of the molecule is CCNC1(C(=O)OC)CCCC(Sc2nc(C)cs2)C1. The van der Waals surface area contributed by atoms with E-state index in [1.807, 2.05) is 13.8 Å². The molecule has 1 fully saturated rings. The van der Waals surface area contributed by atoms with Crippen molar-refractivity contribution < 1.29 is 9.53 Å². The number of carbonyl (C=O) groups is 1. The van der Waals surface area contributed by atoms with E-state index >= 15 is 0 Å². The molecule has 2 unspecified atom stereocenters. The summed E-state index contributed by atoms with van der Waals surface area (Å²) in [6, 6.07) is 0. The van der Waals surface area contributed by atoms with Crippen molar-refractivity contribution in [2.75, 3.05) is 13.7 Å². The van der Waals surface area contributed by atoms with Crippen LogP contribution in [0.3, 0.4) is 0 Å². The highest BCUT2D eigenvalue weighted by atomic mass is 32.2. The molecule has 4 nitrogen and oxygen atoms in total. The smallest absolute Gasteiger partial charge is 0.326 e. The first-order valence-electron chi connectivity index (χ1n) is 7.02. The van der Waals surface area contributed by atoms with Crippen LogP contribution in [0.25, 0.3) is 0 Å². The van der Waals surface area contributed by atoms with Gasteiger partial charge < -0.3 is 10.1 Å². The van der Waals surface area contributed by atoms with Crippen LogP contribution in [-0.4, -0.2) is 35.4 Å². The van der Waals surface area contributed by atoms with Gasteiger partial charge in [0.1, 0.15) is 9.88 Å². The summed E-state index contributed by atoms with van der Waals surface area (Å²) in [7, 11) is 1.47. The molecule has 1 heterocycles. The number of hydrogen-bond donors (Lipinski definition) is 1. The van der Waals surface area contributed by atoms with Gasteiger partial charge in [0.15, 0.2) is 0 Å². The van der Waals surface area contributed by atoms with Gasteiger partial charge in [0.05, 0.1) is 7.11 Å². The average molecular weight is 314 g/mol. The molecule has 0 bridgehead atoms. The molecule has 1 aromatic rings. The second-order valence-corrected chi connectivity index (χ2v) is 7.60. The topological polar surface area (TPSA) is 51.2 Å². The molecule has 6 heteroatoms. The van der Waals surface area contributed by atoms with Crippen molar-refractivity contribution in [2.45, 2.75) is 54.7 Å². The van der Waals surface area contributed by atoms with Gasteiger partial charge in [-0.1, -0.05) is 18.7 Å². The van der Waals surface area contributed by atoms with Crippen LogP contribution in [0.5, 0.6) is 0 Å². The molecule has 2 rings (SSSR count). The van der Waals surface area contributed by atoms with E-state index in [-0.39, 0.29) is 5.97 Å². The Labute approximate surface area is 128 Å². The molecule has 0 spiro atoms. The Bertz CT molecular complexity index is 460. The largest absolute Gasteiger partial charge is 0.468 e. The fraction of sp³-hybridized carbons (Fsp3) is 0.714. The molecule has 1 aliphatic rings. The van der Waals surface area contributed by atoms with Gasteiger partial charge in [-0.05, 0) is 39.2 Å². The van der Waals surface area contributed by atoms with Crippen molar-refractivity contribution in [3.05, 3.63) is 11.1 Å². The third kappa shape index (κ3) is 3.54. The highest BCUT2D eigenvalue weighted by Gasteiger charge is 2.43. The number of rotatable bonds is 5. The molecular weight excluding hydrogens is 292 g/mol. The van der Waals surface area contributed by atoms with Crippen LogP contribution in [0, 0.1) is 6.92 Å². The molecule has 0 saturated heterocycles. The molecule has 0 amide bonds. The predicted octanol–water partition coefficient (Wildman–Crippen LogP) is 3.01. The maximum absolute atomic E-state index is 12.2. The highest BCUT2D eigenvalue weighted by Crippen LogP contribution is 2.39. The molecule has 112 valence electrons. The van der Waals surface area contributed by atoms with Gasteiger partial charge in [0.2, 0.25) is 0 Å². The van der Waals surface area contributed by atoms with Crippen molar-refractivity contribution in [3.8, 4) is 0 Å². The molecular formula is C14H22N2O2S2. The van der Waals surface area contributed by atoms with E-state index < -0.39 is 5.54 Å². The zero-order chi connectivity index (χ0) is 14.6. The minimum Gasteiger partial charge on any atom is -0.468 e. The number of thiazole rings is 1. The first-order chi connectivity index (χ1) is 9.59. The number of aromatic nitrogens is 1. The highest BCUT2D eigenvalue weighted by molar-refractivity contribution is 8.01. The summed E-state index contributed by atoms with van der Waals surface area (Å²) in [6.07, 6.45) is 3.86. The third-order valence-electron chi connectivity index (χ3n) is 3.66. The lowest BCUT2D eigenvalue weighted by Gasteiger charge is -2.38. The quantitative estimate of drug-likeness (QED) is 0.847. The Balaban J connectivity index is 2.07. The van der Waals surface area contributed by atoms with E-state index in [0.29, 0.717) is 5.25 Å². The van der Waals surface area contributed by atoms with Crippen LogP contribution >= 0.6 is 23.1 Å². The van der Waals surface area contributed by atoms with E-state index in [0.717, 1.165) is 42.3 Å². The maximum atomic E-state index is 12.2. The normalized spacial score (nSPS) is 26.4. The van der Waals surface area contributed by atoms with Crippen LogP contribution in [0.15, 0.2) is 9.72 Å². The Hall–Kier alpha value is -0.590. The number of esters is 1. The number of thioether (sulfide) groups is 1. The molecule has 0 aromatic carbocycles. The number of nitrogens with zero attached hydrogens (tertiary/aromatic N) is 1. The van der Waals surface area contributed by atoms with Gasteiger partial charge in [-0.25, -0.2) is 4.98 Å². The second kappa shape index (κ2) is 6.91. The first kappa shape index (κ1) is 15.8. The molecule has 20 heavy (non-hydrogen) atoms. The number of ether oxygens (including phenoxy) is 1. The Morgan fingerprint density at radius 2 is 2.50 bits per heavy atom. The molecule has 1 saturated carbocycles. The molecule has 1 N–H and O–H groups in total. The lowest BCUT2D eigenvalue weighted by atomic mass is 9.81. The molecule has 1 aromatic heterocycles. The van der Waals surface area contributed by atoms with Crippen LogP contribution in [0.2, 0.25) is 0 Å². The summed E-state index contributed by atoms with van der Waals surface area (Å²) in [5, 5.41) is 5.86. The Morgan fingerprint density at radius 3 is 3.10 bits per heavy atom. The summed E-state index contributed by atoms with van der Waals surface area (Å²) >= 11 is 3.49. The van der Waals surface area contributed by atoms with E-state index in [4.69, 9.17) is 4.74 Å². The van der Waals surface area contributed by atoms with Gasteiger partial charge in [0.25, 0.3) is 0 Å². The van der Waals surface area contributed by atoms with Gasteiger partial charge in [-0.15, -0.1) is 11.3 Å². The number of hydrogen-bond acceptors (Lipinski definition) is 6. The number of nitrogens with one attached hydrogen (secondary N) is 1. The standard InChI is InChI=1S/C14H22N2O2S2/c1-4-15-14(12(17)18-3)7-5-6-11(8-14)20-13-16-10(2)9-19-13/h9,11,15H,4-8H2,1-3H3. The summed E-state index contributed by atoms with van der Waals surface area (Å²) in [6.45, 7) is 4.83. The summed E-state index contributed by atoms with van der Waals surface area (Å²) in [5.74, 6) is -0.125. The van der Waals surface area contributed by atoms with E-state index in [9.17, 15) is 4.79 Å². The van der Waals surface area contributed by atoms with Crippen LogP contribution < -0.4 is 5.32 Å². The molecule has 0 aliphatic heterocycles. The fourth-order valence-corrected chi connectivity index (χ4v) is 5.24. The Kier molecular flexibility index (Phi) is 5.46. The van der Waals surface area contributed by atoms with Gasteiger partial charge in [-0.3, -0.25) is 4.79 Å². The minimum atomic E-state index is -0.508. The number of likely N-dealkylation sites (N-methyl/N-ethyl adjacent to an activating group) is 1. The van der Waals surface area contributed by atoms with Crippen molar-refractivity contribution >= 4 is 29.1 Å². The predicted molar refractivity (Wildman–Crippen MR) is 83.4 cm³/mol. The molecule has 1 aliphatic carbocycles. The van der Waals surface area contributed by atoms with Gasteiger partial charge in [-0.2, -0.15) is 0 Å². The summed E-state index contributed by atoms with van der Waals surface area (Å²) < 4.78 is 6.13. The fourth-order valence-electron chi connectivity index (χ4n) is 2.81. The maximum Gasteiger partial charge on any atom is 0.326 e. The monoisotopic (exact) mass is 314 g/mol. The van der Waals surface area contributed by atoms with Crippen molar-refractivity contribution in [3.63, 3.8) is 0 Å². The summed E-state index contributed by atoms with van der Waals surface area (Å²) in [4.78, 5) is 16.7. The van der Waals surface area contributed by atoms with Crippen LogP contribution in [0.4, 0.5) is 0 Å². The van der Waals surface area contributed by atoms with Crippen LogP contribution in [-0.2, 0) is 9.53 Å². The lowest BCUT2D eigenvalue weighted by molar-refractivity contribution is -0.150. The third-order valence-corrected chi connectivity index (χ3v) is 6.02. The van der Waals surface area contributed by atoms with Crippen LogP contribution in [0.1, 0.15) is 38.3 Å². The van der Waals surface area contributed by atoms with Gasteiger partial charge >= 0.3 is 5.97 Å². The number of carbonyl (C=O) groups excluding carboxylic acids is 1. The average Bonchev–Trinajstić information content (AvgIpc) is 2.84. The van der Waals surface area contributed by atoms with Crippen molar-refractivity contribution in [1.29, 1.82) is 0 Å². The number of methoxy groups -OCH3 is 1. The zero-order valence-electron chi connectivity index (χ0n) is 12.3. The van der Waals surface area contributed by atoms with Gasteiger partial charge in [0, 0.05) is 16.3 Å². The zero-order valence-corrected chi connectivity index (χ0v) is 13.9. The molecule has 0 radical (unpaired) electrons. The van der Waals surface area contributed by atoms with E-state index in [1.165, 1.54) is 7.11 Å². The number of aryl methyl sites for hydroxylation is 1. The van der Waals surface area contributed by atoms with E-state index in [2.05, 4.69) is 15.7 Å². The van der Waals surface area contributed by atoms with E-state index in [1.54, 1.807) is 23.1 Å². The summed E-state index contributed by atoms with van der Waals surface area (Å²) in [5.41, 5.74) is 0.561. The Morgan fingerprint density at radius 1 is 1.70 bits per heavy atom.